The molecule has 198 valence electrons. The number of nitrogens with two attached hydrogens (primary N) is 1. The third kappa shape index (κ3) is 4.78. The number of likely N-dealkylation sites (tertiary alicyclic amines) is 1. The molecule has 0 spiro atoms. The molecule has 0 radical (unpaired) electrons. The quantitative estimate of drug-likeness (QED) is 0.224. The van der Waals surface area contributed by atoms with Gasteiger partial charge in [-0.05, 0) is 23.3 Å². The molecule has 2 heterocycles. The normalized spacial score (nSPS) is 14.4. The molecule has 0 bridgehead atoms. The number of nitrogen functional groups attached to an aromatic ring is 1. The van der Waals surface area contributed by atoms with Crippen LogP contribution in [-0.2, 0) is 6.54 Å². The van der Waals surface area contributed by atoms with Crippen LogP contribution in [0.1, 0.15) is 56.5 Å². The number of fused-ring (bicyclic) bond motifs is 2. The Balaban J connectivity index is 1.54. The Labute approximate surface area is 223 Å². The van der Waals surface area contributed by atoms with Crippen LogP contribution in [0.3, 0.4) is 0 Å². The summed E-state index contributed by atoms with van der Waals surface area (Å²) in [7, 11) is 1.69. The van der Waals surface area contributed by atoms with Gasteiger partial charge in [-0.15, -0.1) is 0 Å². The standard InChI is InChI=1S/C30H36N6O2/c1-18(2)30-34-26-15-22(38-21-11-13-35(14-12-21)19(3)31)16-27(37-4)28(26)36(30)17-20-9-10-25(29(32)33)24-8-6-5-7-23(20)24/h5-10,15-16,18,21,31H,11-14,17H2,1-4H3,(H3,32,33). The van der Waals surface area contributed by atoms with Gasteiger partial charge in [-0.2, -0.15) is 0 Å². The first-order chi connectivity index (χ1) is 18.3. The fourth-order valence-electron chi connectivity index (χ4n) is 5.45. The van der Waals surface area contributed by atoms with Gasteiger partial charge >= 0.3 is 0 Å². The summed E-state index contributed by atoms with van der Waals surface area (Å²) in [6.07, 6.45) is 1.86. The number of hydrogen-bond donors (Lipinski definition) is 3. The molecule has 3 aromatic carbocycles. The van der Waals surface area contributed by atoms with Crippen molar-refractivity contribution in [2.75, 3.05) is 20.2 Å². The molecular formula is C30H36N6O2. The van der Waals surface area contributed by atoms with Crippen molar-refractivity contribution in [2.45, 2.75) is 52.2 Å². The van der Waals surface area contributed by atoms with Crippen molar-refractivity contribution in [1.82, 2.24) is 14.5 Å². The van der Waals surface area contributed by atoms with Gasteiger partial charge < -0.3 is 24.7 Å². The Morgan fingerprint density at radius 1 is 1.08 bits per heavy atom. The number of ether oxygens (including phenoxy) is 2. The number of nitrogens with zero attached hydrogens (tertiary/aromatic N) is 3. The molecule has 8 heteroatoms. The summed E-state index contributed by atoms with van der Waals surface area (Å²) in [6, 6.07) is 16.1. The number of benzene rings is 3. The lowest BCUT2D eigenvalue weighted by molar-refractivity contribution is 0.130. The van der Waals surface area contributed by atoms with E-state index in [-0.39, 0.29) is 17.9 Å². The van der Waals surface area contributed by atoms with Crippen LogP contribution in [0.5, 0.6) is 11.5 Å². The second-order valence-corrected chi connectivity index (χ2v) is 10.3. The van der Waals surface area contributed by atoms with Crippen LogP contribution in [-0.4, -0.2) is 52.4 Å². The molecule has 8 nitrogen and oxygen atoms in total. The topological polar surface area (TPSA) is 113 Å². The molecule has 38 heavy (non-hydrogen) atoms. The van der Waals surface area contributed by atoms with Crippen molar-refractivity contribution in [3.05, 3.63) is 65.5 Å². The van der Waals surface area contributed by atoms with E-state index in [0.717, 1.165) is 76.2 Å². The first-order valence-electron chi connectivity index (χ1n) is 13.2. The average Bonchev–Trinajstić information content (AvgIpc) is 3.27. The molecule has 1 aromatic heterocycles. The maximum Gasteiger partial charge on any atom is 0.148 e. The van der Waals surface area contributed by atoms with Crippen molar-refractivity contribution in [3.8, 4) is 11.5 Å². The fraction of sp³-hybridized carbons (Fsp3) is 0.367. The van der Waals surface area contributed by atoms with Crippen LogP contribution < -0.4 is 15.2 Å². The van der Waals surface area contributed by atoms with Gasteiger partial charge in [-0.25, -0.2) is 4.98 Å². The summed E-state index contributed by atoms with van der Waals surface area (Å²) >= 11 is 0. The van der Waals surface area contributed by atoms with E-state index in [1.54, 1.807) is 7.11 Å². The number of amidine groups is 2. The molecule has 1 aliphatic rings. The predicted molar refractivity (Wildman–Crippen MR) is 153 cm³/mol. The minimum atomic E-state index is 0.0662. The fourth-order valence-corrected chi connectivity index (χ4v) is 5.45. The molecule has 5 rings (SSSR count). The van der Waals surface area contributed by atoms with Crippen LogP contribution in [0.15, 0.2) is 48.5 Å². The number of imidazole rings is 1. The first kappa shape index (κ1) is 25.6. The average molecular weight is 513 g/mol. The second-order valence-electron chi connectivity index (χ2n) is 10.3. The highest BCUT2D eigenvalue weighted by Gasteiger charge is 2.24. The molecule has 0 saturated carbocycles. The maximum atomic E-state index is 8.00. The highest BCUT2D eigenvalue weighted by atomic mass is 16.5. The van der Waals surface area contributed by atoms with Gasteiger partial charge in [0.15, 0.2) is 0 Å². The number of nitrogens with one attached hydrogen (secondary N) is 2. The van der Waals surface area contributed by atoms with Gasteiger partial charge in [-0.3, -0.25) is 10.8 Å². The lowest BCUT2D eigenvalue weighted by atomic mass is 9.98. The third-order valence-electron chi connectivity index (χ3n) is 7.40. The van der Waals surface area contributed by atoms with Crippen molar-refractivity contribution in [3.63, 3.8) is 0 Å². The zero-order chi connectivity index (χ0) is 27.0. The largest absolute Gasteiger partial charge is 0.494 e. The lowest BCUT2D eigenvalue weighted by Gasteiger charge is -2.32. The van der Waals surface area contributed by atoms with Crippen molar-refractivity contribution >= 4 is 33.5 Å². The highest BCUT2D eigenvalue weighted by molar-refractivity contribution is 6.08. The van der Waals surface area contributed by atoms with Gasteiger partial charge in [0, 0.05) is 49.5 Å². The molecule has 1 fully saturated rings. The molecule has 4 aromatic rings. The zero-order valence-electron chi connectivity index (χ0n) is 22.5. The Kier molecular flexibility index (Phi) is 6.97. The summed E-state index contributed by atoms with van der Waals surface area (Å²) in [6.45, 7) is 8.42. The van der Waals surface area contributed by atoms with E-state index in [2.05, 4.69) is 35.4 Å². The summed E-state index contributed by atoms with van der Waals surface area (Å²) in [5.74, 6) is 3.35. The summed E-state index contributed by atoms with van der Waals surface area (Å²) in [5.41, 5.74) is 9.53. The van der Waals surface area contributed by atoms with E-state index in [1.807, 2.05) is 43.3 Å². The van der Waals surface area contributed by atoms with E-state index in [0.29, 0.717) is 12.4 Å². The maximum absolute atomic E-state index is 8.00. The van der Waals surface area contributed by atoms with Crippen LogP contribution >= 0.6 is 0 Å². The molecule has 1 saturated heterocycles. The third-order valence-corrected chi connectivity index (χ3v) is 7.40. The van der Waals surface area contributed by atoms with E-state index in [4.69, 9.17) is 31.0 Å². The number of piperidine rings is 1. The first-order valence-corrected chi connectivity index (χ1v) is 13.2. The van der Waals surface area contributed by atoms with Crippen LogP contribution in [0, 0.1) is 10.8 Å². The van der Waals surface area contributed by atoms with E-state index >= 15 is 0 Å². The summed E-state index contributed by atoms with van der Waals surface area (Å²) in [5, 5.41) is 17.9. The Hall–Kier alpha value is -4.07. The molecule has 0 aliphatic carbocycles. The van der Waals surface area contributed by atoms with E-state index < -0.39 is 0 Å². The van der Waals surface area contributed by atoms with Gasteiger partial charge in [0.25, 0.3) is 0 Å². The zero-order valence-corrected chi connectivity index (χ0v) is 22.5. The van der Waals surface area contributed by atoms with E-state index in [9.17, 15) is 0 Å². The van der Waals surface area contributed by atoms with Crippen LogP contribution in [0.25, 0.3) is 21.8 Å². The number of rotatable bonds is 7. The Morgan fingerprint density at radius 2 is 1.79 bits per heavy atom. The van der Waals surface area contributed by atoms with Crippen molar-refractivity contribution < 1.29 is 9.47 Å². The predicted octanol–water partition coefficient (Wildman–Crippen LogP) is 5.49. The SMILES string of the molecule is COc1cc(OC2CCN(C(C)=N)CC2)cc2nc(C(C)C)n(Cc3ccc(C(=N)N)c4ccccc34)c12. The van der Waals surface area contributed by atoms with Crippen LogP contribution in [0.4, 0.5) is 0 Å². The minimum absolute atomic E-state index is 0.0662. The monoisotopic (exact) mass is 512 g/mol. The Morgan fingerprint density at radius 3 is 2.42 bits per heavy atom. The number of aromatic nitrogens is 2. The Bertz CT molecular complexity index is 1510. The lowest BCUT2D eigenvalue weighted by Crippen LogP contribution is -2.40. The summed E-state index contributed by atoms with van der Waals surface area (Å²) < 4.78 is 14.5. The smallest absolute Gasteiger partial charge is 0.148 e. The summed E-state index contributed by atoms with van der Waals surface area (Å²) in [4.78, 5) is 7.13. The molecule has 0 atom stereocenters. The highest BCUT2D eigenvalue weighted by Crippen LogP contribution is 2.36. The molecule has 0 unspecified atom stereocenters. The van der Waals surface area contributed by atoms with Gasteiger partial charge in [0.1, 0.15) is 34.8 Å². The van der Waals surface area contributed by atoms with Crippen LogP contribution in [0.2, 0.25) is 0 Å². The molecule has 4 N–H and O–H groups in total. The van der Waals surface area contributed by atoms with E-state index in [1.165, 1.54) is 0 Å². The number of methoxy groups -OCH3 is 1. The van der Waals surface area contributed by atoms with Gasteiger partial charge in [-0.1, -0.05) is 50.2 Å². The second kappa shape index (κ2) is 10.4. The van der Waals surface area contributed by atoms with Crippen molar-refractivity contribution in [2.24, 2.45) is 5.73 Å². The minimum Gasteiger partial charge on any atom is -0.494 e. The van der Waals surface area contributed by atoms with Gasteiger partial charge in [0.2, 0.25) is 0 Å². The van der Waals surface area contributed by atoms with Gasteiger partial charge in [0.05, 0.1) is 25.0 Å². The molecular weight excluding hydrogens is 476 g/mol. The number of hydrogen-bond acceptors (Lipinski definition) is 5. The molecule has 1 aliphatic heterocycles. The molecule has 0 amide bonds. The van der Waals surface area contributed by atoms with Crippen molar-refractivity contribution in [1.29, 1.82) is 10.8 Å².